The monoisotopic (exact) mass is 274 g/mol. The lowest BCUT2D eigenvalue weighted by Crippen LogP contribution is -1.98. The first kappa shape index (κ1) is 12.8. The molecule has 2 rings (SSSR count). The van der Waals surface area contributed by atoms with Crippen molar-refractivity contribution >= 4 is 22.5 Å². The summed E-state index contributed by atoms with van der Waals surface area (Å²) in [6, 6.07) is 3.03. The summed E-state index contributed by atoms with van der Waals surface area (Å²) in [5.41, 5.74) is 0.281. The molecule has 0 N–H and O–H groups in total. The van der Waals surface area contributed by atoms with E-state index < -0.39 is 12.2 Å². The van der Waals surface area contributed by atoms with Crippen LogP contribution in [0.3, 0.4) is 0 Å². The van der Waals surface area contributed by atoms with E-state index in [1.165, 1.54) is 20.3 Å². The summed E-state index contributed by atoms with van der Waals surface area (Å²) >= 11 is 5.85. The lowest BCUT2D eigenvalue weighted by Gasteiger charge is -2.10. The molecule has 0 radical (unpaired) electrons. The number of ether oxygens (including phenoxy) is 2. The average Bonchev–Trinajstić information content (AvgIpc) is 2.36. The molecule has 18 heavy (non-hydrogen) atoms. The molecule has 0 aliphatic heterocycles. The molecule has 0 unspecified atom stereocenters. The molecule has 0 aliphatic rings. The fraction of sp³-hybridized carbons (Fsp3) is 0.273. The van der Waals surface area contributed by atoms with Crippen molar-refractivity contribution in [3.8, 4) is 11.5 Å². The SMILES string of the molecule is COc1cc2nc(C(F)F)nc(Cl)c2cc1OC. The molecule has 0 saturated heterocycles. The molecular weight excluding hydrogens is 266 g/mol. The molecule has 2 aromatic rings. The zero-order valence-corrected chi connectivity index (χ0v) is 10.3. The summed E-state index contributed by atoms with van der Waals surface area (Å²) in [6.07, 6.45) is -2.78. The number of fused-ring (bicyclic) bond motifs is 1. The maximum Gasteiger partial charge on any atom is 0.297 e. The van der Waals surface area contributed by atoms with E-state index in [1.54, 1.807) is 6.07 Å². The molecule has 0 saturated carbocycles. The molecule has 1 heterocycles. The summed E-state index contributed by atoms with van der Waals surface area (Å²) in [4.78, 5) is 7.28. The number of nitrogens with zero attached hydrogens (tertiary/aromatic N) is 2. The standard InChI is InChI=1S/C11H9ClF2N2O2/c1-17-7-3-5-6(4-8(7)18-2)15-11(10(13)14)16-9(5)12/h3-4,10H,1-2H3. The molecule has 0 amide bonds. The van der Waals surface area contributed by atoms with Crippen LogP contribution >= 0.6 is 11.6 Å². The number of alkyl halides is 2. The summed E-state index contributed by atoms with van der Waals surface area (Å²) in [7, 11) is 2.91. The predicted molar refractivity (Wildman–Crippen MR) is 62.6 cm³/mol. The van der Waals surface area contributed by atoms with Gasteiger partial charge < -0.3 is 9.47 Å². The second kappa shape index (κ2) is 4.89. The van der Waals surface area contributed by atoms with Gasteiger partial charge in [-0.05, 0) is 6.07 Å². The molecule has 0 aliphatic carbocycles. The Hall–Kier alpha value is -1.69. The van der Waals surface area contributed by atoms with Crippen LogP contribution < -0.4 is 9.47 Å². The minimum absolute atomic E-state index is 0.0451. The minimum Gasteiger partial charge on any atom is -0.493 e. The van der Waals surface area contributed by atoms with E-state index in [2.05, 4.69) is 9.97 Å². The highest BCUT2D eigenvalue weighted by Gasteiger charge is 2.16. The van der Waals surface area contributed by atoms with Gasteiger partial charge in [-0.2, -0.15) is 0 Å². The van der Waals surface area contributed by atoms with Crippen molar-refractivity contribution < 1.29 is 18.3 Å². The van der Waals surface area contributed by atoms with Crippen molar-refractivity contribution in [2.24, 2.45) is 0 Å². The Kier molecular flexibility index (Phi) is 3.47. The molecule has 7 heteroatoms. The van der Waals surface area contributed by atoms with Gasteiger partial charge in [-0.25, -0.2) is 18.7 Å². The van der Waals surface area contributed by atoms with Gasteiger partial charge in [0.2, 0.25) is 0 Å². The lowest BCUT2D eigenvalue weighted by atomic mass is 10.2. The van der Waals surface area contributed by atoms with Crippen LogP contribution in [0.25, 0.3) is 10.9 Å². The van der Waals surface area contributed by atoms with Crippen molar-refractivity contribution in [1.82, 2.24) is 9.97 Å². The van der Waals surface area contributed by atoms with E-state index >= 15 is 0 Å². The summed E-state index contributed by atoms with van der Waals surface area (Å²) in [5.74, 6) is 0.208. The number of hydrogen-bond donors (Lipinski definition) is 0. The van der Waals surface area contributed by atoms with Gasteiger partial charge in [-0.15, -0.1) is 0 Å². The predicted octanol–water partition coefficient (Wildman–Crippen LogP) is 3.24. The van der Waals surface area contributed by atoms with Crippen LogP contribution in [-0.4, -0.2) is 24.2 Å². The lowest BCUT2D eigenvalue weighted by molar-refractivity contribution is 0.141. The molecule has 1 aromatic carbocycles. The largest absolute Gasteiger partial charge is 0.493 e. The summed E-state index contributed by atoms with van der Waals surface area (Å²) in [6.45, 7) is 0. The van der Waals surface area contributed by atoms with Gasteiger partial charge in [0.1, 0.15) is 5.15 Å². The van der Waals surface area contributed by atoms with E-state index in [-0.39, 0.29) is 10.7 Å². The molecule has 0 atom stereocenters. The third-order valence-corrected chi connectivity index (χ3v) is 2.66. The molecule has 1 aromatic heterocycles. The number of aromatic nitrogens is 2. The summed E-state index contributed by atoms with van der Waals surface area (Å²) < 4.78 is 35.3. The van der Waals surface area contributed by atoms with Gasteiger partial charge in [-0.1, -0.05) is 11.6 Å². The van der Waals surface area contributed by atoms with E-state index in [0.717, 1.165) is 0 Å². The fourth-order valence-electron chi connectivity index (χ4n) is 1.53. The Labute approximate surface area is 107 Å². The van der Waals surface area contributed by atoms with Gasteiger partial charge in [-0.3, -0.25) is 0 Å². The fourth-order valence-corrected chi connectivity index (χ4v) is 1.77. The van der Waals surface area contributed by atoms with Gasteiger partial charge in [0.05, 0.1) is 19.7 Å². The first-order chi connectivity index (χ1) is 8.56. The maximum atomic E-state index is 12.6. The van der Waals surface area contributed by atoms with Crippen molar-refractivity contribution in [2.45, 2.75) is 6.43 Å². The van der Waals surface area contributed by atoms with E-state index in [1.807, 2.05) is 0 Å². The average molecular weight is 275 g/mol. The number of halogens is 3. The van der Waals surface area contributed by atoms with Gasteiger partial charge >= 0.3 is 0 Å². The Morgan fingerprint density at radius 2 is 1.72 bits per heavy atom. The molecule has 4 nitrogen and oxygen atoms in total. The van der Waals surface area contributed by atoms with Crippen LogP contribution in [0, 0.1) is 0 Å². The Morgan fingerprint density at radius 1 is 1.11 bits per heavy atom. The Morgan fingerprint density at radius 3 is 2.28 bits per heavy atom. The van der Waals surface area contributed by atoms with Crippen LogP contribution in [-0.2, 0) is 0 Å². The number of rotatable bonds is 3. The Balaban J connectivity index is 2.72. The van der Waals surface area contributed by atoms with Crippen LogP contribution in [0.1, 0.15) is 12.2 Å². The van der Waals surface area contributed by atoms with Crippen molar-refractivity contribution in [3.63, 3.8) is 0 Å². The topological polar surface area (TPSA) is 44.2 Å². The first-order valence-corrected chi connectivity index (χ1v) is 5.32. The van der Waals surface area contributed by atoms with E-state index in [0.29, 0.717) is 16.9 Å². The summed E-state index contributed by atoms with van der Waals surface area (Å²) in [5, 5.41) is 0.384. The van der Waals surface area contributed by atoms with Crippen LogP contribution in [0.4, 0.5) is 8.78 Å². The van der Waals surface area contributed by atoms with Crippen LogP contribution in [0.2, 0.25) is 5.15 Å². The molecular formula is C11H9ClF2N2O2. The Bertz CT molecular complexity index is 593. The quantitative estimate of drug-likeness (QED) is 0.806. The molecule has 0 bridgehead atoms. The van der Waals surface area contributed by atoms with Gasteiger partial charge in [0.15, 0.2) is 17.3 Å². The third-order valence-electron chi connectivity index (χ3n) is 2.37. The molecule has 0 fully saturated rings. The zero-order chi connectivity index (χ0) is 13.3. The maximum absolute atomic E-state index is 12.6. The van der Waals surface area contributed by atoms with Crippen molar-refractivity contribution in [1.29, 1.82) is 0 Å². The van der Waals surface area contributed by atoms with Crippen molar-refractivity contribution in [2.75, 3.05) is 14.2 Å². The first-order valence-electron chi connectivity index (χ1n) is 4.94. The number of methoxy groups -OCH3 is 2. The highest BCUT2D eigenvalue weighted by atomic mass is 35.5. The number of hydrogen-bond acceptors (Lipinski definition) is 4. The van der Waals surface area contributed by atoms with E-state index in [9.17, 15) is 8.78 Å². The number of benzene rings is 1. The van der Waals surface area contributed by atoms with E-state index in [4.69, 9.17) is 21.1 Å². The third kappa shape index (κ3) is 2.15. The minimum atomic E-state index is -2.78. The highest BCUT2D eigenvalue weighted by Crippen LogP contribution is 2.34. The van der Waals surface area contributed by atoms with Gasteiger partial charge in [0, 0.05) is 11.5 Å². The second-order valence-electron chi connectivity index (χ2n) is 3.40. The highest BCUT2D eigenvalue weighted by molar-refractivity contribution is 6.34. The normalized spacial score (nSPS) is 11.0. The smallest absolute Gasteiger partial charge is 0.297 e. The van der Waals surface area contributed by atoms with Crippen LogP contribution in [0.15, 0.2) is 12.1 Å². The molecule has 0 spiro atoms. The molecule has 96 valence electrons. The van der Waals surface area contributed by atoms with Crippen molar-refractivity contribution in [3.05, 3.63) is 23.1 Å². The van der Waals surface area contributed by atoms with Gasteiger partial charge in [0.25, 0.3) is 6.43 Å². The second-order valence-corrected chi connectivity index (χ2v) is 3.76. The van der Waals surface area contributed by atoms with Crippen LogP contribution in [0.5, 0.6) is 11.5 Å². The zero-order valence-electron chi connectivity index (χ0n) is 9.58.